The van der Waals surface area contributed by atoms with Crippen LogP contribution in [0.2, 0.25) is 10.0 Å². The number of anilines is 1. The van der Waals surface area contributed by atoms with Crippen molar-refractivity contribution in [2.24, 2.45) is 0 Å². The minimum atomic E-state index is 0.00343. The van der Waals surface area contributed by atoms with E-state index < -0.39 is 0 Å². The normalized spacial score (nSPS) is 10.7. The molecule has 0 unspecified atom stereocenters. The molecule has 0 atom stereocenters. The summed E-state index contributed by atoms with van der Waals surface area (Å²) in [7, 11) is 0. The number of nitrogen functional groups attached to an aromatic ring is 1. The third-order valence-corrected chi connectivity index (χ3v) is 3.23. The summed E-state index contributed by atoms with van der Waals surface area (Å²) in [5, 5.41) is 8.27. The molecule has 0 radical (unpaired) electrons. The quantitative estimate of drug-likeness (QED) is 0.939. The van der Waals surface area contributed by atoms with Gasteiger partial charge >= 0.3 is 6.01 Å². The fourth-order valence-electron chi connectivity index (χ4n) is 1.45. The molecule has 2 N–H and O–H groups in total. The van der Waals surface area contributed by atoms with Crippen molar-refractivity contribution in [2.75, 3.05) is 5.73 Å². The van der Waals surface area contributed by atoms with Gasteiger partial charge in [0.15, 0.2) is 6.61 Å². The molecular weight excluding hydrogens is 277 g/mol. The lowest BCUT2D eigenvalue weighted by Gasteiger charge is -2.12. The average molecular weight is 288 g/mol. The van der Waals surface area contributed by atoms with Crippen molar-refractivity contribution >= 4 is 29.2 Å². The second-order valence-electron chi connectivity index (χ2n) is 3.74. The van der Waals surface area contributed by atoms with Crippen molar-refractivity contribution in [2.45, 2.75) is 20.5 Å². The van der Waals surface area contributed by atoms with Gasteiger partial charge in [0.05, 0.1) is 5.02 Å². The van der Waals surface area contributed by atoms with Gasteiger partial charge in [0.1, 0.15) is 5.75 Å². The van der Waals surface area contributed by atoms with Crippen molar-refractivity contribution in [1.29, 1.82) is 0 Å². The Morgan fingerprint density at radius 1 is 1.22 bits per heavy atom. The molecule has 0 fully saturated rings. The standard InChI is InChI=1S/C11H11Cl2N3O2/c1-5-6(2)10(8(13)3-7(5)12)17-4-9-15-16-11(14)18-9/h3H,4H2,1-2H3,(H2,14,16). The van der Waals surface area contributed by atoms with Crippen molar-refractivity contribution in [3.8, 4) is 5.75 Å². The number of hydrogen-bond acceptors (Lipinski definition) is 5. The number of hydrogen-bond donors (Lipinski definition) is 1. The summed E-state index contributed by atoms with van der Waals surface area (Å²) in [6.07, 6.45) is 0. The molecule has 2 rings (SSSR count). The van der Waals surface area contributed by atoms with E-state index in [1.54, 1.807) is 6.07 Å². The summed E-state index contributed by atoms with van der Waals surface area (Å²) in [6.45, 7) is 3.88. The third kappa shape index (κ3) is 2.52. The lowest BCUT2D eigenvalue weighted by molar-refractivity contribution is 0.263. The first-order valence-electron chi connectivity index (χ1n) is 5.15. The molecule has 0 aliphatic rings. The highest BCUT2D eigenvalue weighted by Gasteiger charge is 2.13. The first-order chi connectivity index (χ1) is 8.49. The third-order valence-electron chi connectivity index (χ3n) is 2.55. The zero-order chi connectivity index (χ0) is 13.3. The Morgan fingerprint density at radius 3 is 2.56 bits per heavy atom. The molecular formula is C11H11Cl2N3O2. The van der Waals surface area contributed by atoms with Gasteiger partial charge < -0.3 is 14.9 Å². The van der Waals surface area contributed by atoms with E-state index in [0.29, 0.717) is 15.8 Å². The van der Waals surface area contributed by atoms with Crippen LogP contribution in [0.4, 0.5) is 6.01 Å². The van der Waals surface area contributed by atoms with Crippen LogP contribution in [-0.2, 0) is 6.61 Å². The maximum atomic E-state index is 6.08. The van der Waals surface area contributed by atoms with Crippen molar-refractivity contribution < 1.29 is 9.15 Å². The van der Waals surface area contributed by atoms with Crippen LogP contribution >= 0.6 is 23.2 Å². The number of ether oxygens (including phenoxy) is 1. The summed E-state index contributed by atoms with van der Waals surface area (Å²) in [5.41, 5.74) is 7.10. The van der Waals surface area contributed by atoms with E-state index >= 15 is 0 Å². The van der Waals surface area contributed by atoms with Gasteiger partial charge in [-0.15, -0.1) is 5.10 Å². The van der Waals surface area contributed by atoms with Crippen LogP contribution in [0, 0.1) is 13.8 Å². The highest BCUT2D eigenvalue weighted by molar-refractivity contribution is 6.36. The molecule has 1 heterocycles. The average Bonchev–Trinajstić information content (AvgIpc) is 2.72. The van der Waals surface area contributed by atoms with Crippen molar-refractivity contribution in [1.82, 2.24) is 10.2 Å². The first kappa shape index (κ1) is 13.0. The molecule has 0 bridgehead atoms. The van der Waals surface area contributed by atoms with Crippen molar-refractivity contribution in [3.63, 3.8) is 0 Å². The smallest absolute Gasteiger partial charge is 0.312 e. The molecule has 7 heteroatoms. The van der Waals surface area contributed by atoms with Gasteiger partial charge in [-0.3, -0.25) is 0 Å². The predicted molar refractivity (Wildman–Crippen MR) is 69.0 cm³/mol. The number of halogens is 2. The van der Waals surface area contributed by atoms with Crippen LogP contribution in [0.25, 0.3) is 0 Å². The van der Waals surface area contributed by atoms with E-state index in [1.165, 1.54) is 0 Å². The minimum absolute atomic E-state index is 0.00343. The SMILES string of the molecule is Cc1c(Cl)cc(Cl)c(OCc2nnc(N)o2)c1C. The molecule has 1 aromatic carbocycles. The second kappa shape index (κ2) is 5.04. The van der Waals surface area contributed by atoms with E-state index in [1.807, 2.05) is 13.8 Å². The molecule has 0 saturated heterocycles. The van der Waals surface area contributed by atoms with Crippen LogP contribution in [0.3, 0.4) is 0 Å². The van der Waals surface area contributed by atoms with Gasteiger partial charge in [0, 0.05) is 5.02 Å². The van der Waals surface area contributed by atoms with Crippen LogP contribution in [0.5, 0.6) is 5.75 Å². The Bertz CT molecular complexity index is 584. The van der Waals surface area contributed by atoms with Crippen LogP contribution < -0.4 is 10.5 Å². The summed E-state index contributed by atoms with van der Waals surface area (Å²) in [5.74, 6) is 0.839. The van der Waals surface area contributed by atoms with Crippen LogP contribution in [0.15, 0.2) is 10.5 Å². The Labute approximate surface area is 114 Å². The van der Waals surface area contributed by atoms with Gasteiger partial charge in [0.2, 0.25) is 0 Å². The van der Waals surface area contributed by atoms with E-state index in [4.69, 9.17) is 38.1 Å². The molecule has 0 spiro atoms. The molecule has 0 aliphatic heterocycles. The predicted octanol–water partition coefficient (Wildman–Crippen LogP) is 3.15. The fourth-order valence-corrected chi connectivity index (χ4v) is 2.06. The Balaban J connectivity index is 2.22. The summed E-state index contributed by atoms with van der Waals surface area (Å²) in [6, 6.07) is 1.65. The van der Waals surface area contributed by atoms with Crippen molar-refractivity contribution in [3.05, 3.63) is 33.1 Å². The van der Waals surface area contributed by atoms with E-state index in [0.717, 1.165) is 11.1 Å². The number of aromatic nitrogens is 2. The van der Waals surface area contributed by atoms with Gasteiger partial charge in [-0.25, -0.2) is 0 Å². The van der Waals surface area contributed by atoms with Gasteiger partial charge in [-0.05, 0) is 31.0 Å². The summed E-state index contributed by atoms with van der Waals surface area (Å²) < 4.78 is 10.6. The maximum absolute atomic E-state index is 6.08. The molecule has 2 aromatic rings. The minimum Gasteiger partial charge on any atom is -0.482 e. The molecule has 1 aromatic heterocycles. The van der Waals surface area contributed by atoms with Gasteiger partial charge in [-0.2, -0.15) is 0 Å². The van der Waals surface area contributed by atoms with Crippen LogP contribution in [-0.4, -0.2) is 10.2 Å². The molecule has 96 valence electrons. The van der Waals surface area contributed by atoms with E-state index in [2.05, 4.69) is 10.2 Å². The second-order valence-corrected chi connectivity index (χ2v) is 4.56. The highest BCUT2D eigenvalue weighted by atomic mass is 35.5. The summed E-state index contributed by atoms with van der Waals surface area (Å²) >= 11 is 12.1. The molecule has 0 amide bonds. The fraction of sp³-hybridized carbons (Fsp3) is 0.273. The molecule has 18 heavy (non-hydrogen) atoms. The first-order valence-corrected chi connectivity index (χ1v) is 5.90. The monoisotopic (exact) mass is 287 g/mol. The largest absolute Gasteiger partial charge is 0.482 e. The summed E-state index contributed by atoms with van der Waals surface area (Å²) in [4.78, 5) is 0. The maximum Gasteiger partial charge on any atom is 0.312 e. The zero-order valence-corrected chi connectivity index (χ0v) is 11.3. The molecule has 5 nitrogen and oxygen atoms in total. The van der Waals surface area contributed by atoms with Crippen LogP contribution in [0.1, 0.15) is 17.0 Å². The lowest BCUT2D eigenvalue weighted by atomic mass is 10.1. The topological polar surface area (TPSA) is 74.2 Å². The number of benzene rings is 1. The number of rotatable bonds is 3. The van der Waals surface area contributed by atoms with Gasteiger partial charge in [-0.1, -0.05) is 28.3 Å². The Kier molecular flexibility index (Phi) is 3.63. The lowest BCUT2D eigenvalue weighted by Crippen LogP contribution is -1.99. The Hall–Kier alpha value is -1.46. The van der Waals surface area contributed by atoms with Gasteiger partial charge in [0.25, 0.3) is 5.89 Å². The zero-order valence-electron chi connectivity index (χ0n) is 9.83. The van der Waals surface area contributed by atoms with E-state index in [9.17, 15) is 0 Å². The Morgan fingerprint density at radius 2 is 1.94 bits per heavy atom. The molecule has 0 saturated carbocycles. The van der Waals surface area contributed by atoms with E-state index in [-0.39, 0.29) is 18.5 Å². The molecule has 0 aliphatic carbocycles. The highest BCUT2D eigenvalue weighted by Crippen LogP contribution is 2.35. The number of nitrogens with two attached hydrogens (primary N) is 1. The number of nitrogens with zero attached hydrogens (tertiary/aromatic N) is 2.